The number of hydrogen-bond donors (Lipinski definition) is 2. The van der Waals surface area contributed by atoms with Gasteiger partial charge in [0, 0.05) is 9.35 Å². The molecule has 1 heterocycles. The summed E-state index contributed by atoms with van der Waals surface area (Å²) in [6.07, 6.45) is 0.156. The van der Waals surface area contributed by atoms with E-state index in [4.69, 9.17) is 16.3 Å². The summed E-state index contributed by atoms with van der Waals surface area (Å²) in [4.78, 5) is 24.6. The maximum atomic E-state index is 12.1. The van der Waals surface area contributed by atoms with Crippen LogP contribution in [0.4, 0.5) is 5.69 Å². The SMILES string of the molecule is COC(=O)C[C@@H](NCC(=O)Nc1ccc(Br)cc1Cl)c1cccs1. The lowest BCUT2D eigenvalue weighted by Gasteiger charge is -2.16. The van der Waals surface area contributed by atoms with Crippen LogP contribution < -0.4 is 10.6 Å². The standard InChI is InChI=1S/C16H16BrClN2O3S/c1-23-16(22)8-13(14-3-2-6-24-14)19-9-15(21)20-12-5-4-10(17)7-11(12)18/h2-7,13,19H,8-9H2,1H3,(H,20,21)/t13-/m1/s1. The molecule has 0 bridgehead atoms. The first-order chi connectivity index (χ1) is 11.5. The number of nitrogens with one attached hydrogen (secondary N) is 2. The van der Waals surface area contributed by atoms with Crippen molar-refractivity contribution in [1.29, 1.82) is 0 Å². The van der Waals surface area contributed by atoms with Gasteiger partial charge in [-0.15, -0.1) is 11.3 Å². The summed E-state index contributed by atoms with van der Waals surface area (Å²) in [6, 6.07) is 8.75. The van der Waals surface area contributed by atoms with E-state index in [1.54, 1.807) is 18.2 Å². The van der Waals surface area contributed by atoms with E-state index in [1.807, 2.05) is 17.5 Å². The third-order valence-electron chi connectivity index (χ3n) is 3.20. The zero-order chi connectivity index (χ0) is 17.5. The summed E-state index contributed by atoms with van der Waals surface area (Å²) in [5.41, 5.74) is 0.535. The fraction of sp³-hybridized carbons (Fsp3) is 0.250. The van der Waals surface area contributed by atoms with Crippen molar-refractivity contribution in [3.8, 4) is 0 Å². The van der Waals surface area contributed by atoms with Crippen LogP contribution in [0, 0.1) is 0 Å². The summed E-state index contributed by atoms with van der Waals surface area (Å²) in [5.74, 6) is -0.581. The van der Waals surface area contributed by atoms with Gasteiger partial charge < -0.3 is 15.4 Å². The van der Waals surface area contributed by atoms with Crippen LogP contribution in [-0.4, -0.2) is 25.5 Å². The van der Waals surface area contributed by atoms with Crippen LogP contribution in [0.5, 0.6) is 0 Å². The highest BCUT2D eigenvalue weighted by Gasteiger charge is 2.18. The van der Waals surface area contributed by atoms with Crippen molar-refractivity contribution in [1.82, 2.24) is 5.32 Å². The molecule has 1 aromatic heterocycles. The first-order valence-corrected chi connectivity index (χ1v) is 9.13. The lowest BCUT2D eigenvalue weighted by molar-refractivity contribution is -0.141. The zero-order valence-corrected chi connectivity index (χ0v) is 16.0. The lowest BCUT2D eigenvalue weighted by atomic mass is 10.1. The Morgan fingerprint density at radius 3 is 2.79 bits per heavy atom. The number of carbonyl (C=O) groups is 2. The Bertz CT molecular complexity index is 709. The van der Waals surface area contributed by atoms with Crippen LogP contribution >= 0.6 is 38.9 Å². The Kier molecular flexibility index (Phi) is 7.23. The van der Waals surface area contributed by atoms with Gasteiger partial charge in [-0.25, -0.2) is 0 Å². The smallest absolute Gasteiger partial charge is 0.307 e. The van der Waals surface area contributed by atoms with E-state index in [-0.39, 0.29) is 30.9 Å². The maximum Gasteiger partial charge on any atom is 0.307 e. The minimum atomic E-state index is -0.336. The molecule has 0 fully saturated rings. The van der Waals surface area contributed by atoms with E-state index < -0.39 is 0 Å². The first kappa shape index (κ1) is 18.9. The number of hydrogen-bond acceptors (Lipinski definition) is 5. The highest BCUT2D eigenvalue weighted by atomic mass is 79.9. The predicted octanol–water partition coefficient (Wildman–Crippen LogP) is 4.00. The van der Waals surface area contributed by atoms with Gasteiger partial charge in [0.25, 0.3) is 0 Å². The van der Waals surface area contributed by atoms with E-state index in [2.05, 4.69) is 26.6 Å². The van der Waals surface area contributed by atoms with Crippen LogP contribution in [-0.2, 0) is 14.3 Å². The minimum absolute atomic E-state index is 0.0476. The summed E-state index contributed by atoms with van der Waals surface area (Å²) in [7, 11) is 1.34. The van der Waals surface area contributed by atoms with Crippen LogP contribution in [0.15, 0.2) is 40.2 Å². The molecule has 0 aliphatic carbocycles. The van der Waals surface area contributed by atoms with E-state index in [0.717, 1.165) is 9.35 Å². The van der Waals surface area contributed by atoms with E-state index >= 15 is 0 Å². The molecular formula is C16H16BrClN2O3S. The molecule has 0 unspecified atom stereocenters. The van der Waals surface area contributed by atoms with Crippen molar-refractivity contribution in [2.75, 3.05) is 19.0 Å². The van der Waals surface area contributed by atoms with Gasteiger partial charge in [0.2, 0.25) is 5.91 Å². The number of benzene rings is 1. The van der Waals surface area contributed by atoms with Gasteiger partial charge >= 0.3 is 5.97 Å². The second-order valence-electron chi connectivity index (χ2n) is 4.90. The predicted molar refractivity (Wildman–Crippen MR) is 99.5 cm³/mol. The third kappa shape index (κ3) is 5.59. The van der Waals surface area contributed by atoms with Crippen LogP contribution in [0.3, 0.4) is 0 Å². The topological polar surface area (TPSA) is 67.4 Å². The largest absolute Gasteiger partial charge is 0.469 e. The number of amides is 1. The van der Waals surface area contributed by atoms with Crippen molar-refractivity contribution in [2.45, 2.75) is 12.5 Å². The third-order valence-corrected chi connectivity index (χ3v) is 4.99. The number of anilines is 1. The lowest BCUT2D eigenvalue weighted by Crippen LogP contribution is -2.32. The van der Waals surface area contributed by atoms with Crippen LogP contribution in [0.2, 0.25) is 5.02 Å². The number of thiophene rings is 1. The molecule has 1 aromatic carbocycles. The average molecular weight is 432 g/mol. The Morgan fingerprint density at radius 2 is 2.17 bits per heavy atom. The fourth-order valence-corrected chi connectivity index (χ4v) is 3.54. The molecule has 5 nitrogen and oxygen atoms in total. The summed E-state index contributed by atoms with van der Waals surface area (Å²) in [6.45, 7) is 0.0476. The Labute approximate surface area is 157 Å². The molecule has 0 saturated heterocycles. The van der Waals surface area contributed by atoms with Crippen molar-refractivity contribution in [3.05, 3.63) is 50.1 Å². The van der Waals surface area contributed by atoms with E-state index in [1.165, 1.54) is 18.4 Å². The Balaban J connectivity index is 1.95. The van der Waals surface area contributed by atoms with Crippen LogP contribution in [0.1, 0.15) is 17.3 Å². The number of esters is 1. The normalized spacial score (nSPS) is 11.8. The molecule has 0 aliphatic rings. The molecule has 24 heavy (non-hydrogen) atoms. The zero-order valence-electron chi connectivity index (χ0n) is 12.8. The number of halogens is 2. The maximum absolute atomic E-state index is 12.1. The van der Waals surface area contributed by atoms with Crippen molar-refractivity contribution in [2.24, 2.45) is 0 Å². The highest BCUT2D eigenvalue weighted by molar-refractivity contribution is 9.10. The molecule has 0 saturated carbocycles. The van der Waals surface area contributed by atoms with Crippen molar-refractivity contribution < 1.29 is 14.3 Å². The summed E-state index contributed by atoms with van der Waals surface area (Å²) < 4.78 is 5.54. The molecule has 0 radical (unpaired) electrons. The van der Waals surface area contributed by atoms with Gasteiger partial charge in [-0.1, -0.05) is 33.6 Å². The number of methoxy groups -OCH3 is 1. The second-order valence-corrected chi connectivity index (χ2v) is 7.20. The van der Waals surface area contributed by atoms with Gasteiger partial charge in [0.1, 0.15) is 0 Å². The van der Waals surface area contributed by atoms with E-state index in [0.29, 0.717) is 10.7 Å². The molecule has 2 N–H and O–H groups in total. The van der Waals surface area contributed by atoms with Gasteiger partial charge in [-0.05, 0) is 29.6 Å². The minimum Gasteiger partial charge on any atom is -0.469 e. The summed E-state index contributed by atoms with van der Waals surface area (Å²) >= 11 is 10.9. The molecule has 0 aliphatic heterocycles. The van der Waals surface area contributed by atoms with E-state index in [9.17, 15) is 9.59 Å². The fourth-order valence-electron chi connectivity index (χ4n) is 2.01. The summed E-state index contributed by atoms with van der Waals surface area (Å²) in [5, 5.41) is 8.19. The molecular weight excluding hydrogens is 416 g/mol. The molecule has 2 aromatic rings. The quantitative estimate of drug-likeness (QED) is 0.650. The number of carbonyl (C=O) groups excluding carboxylic acids is 2. The average Bonchev–Trinajstić information content (AvgIpc) is 3.08. The molecule has 0 spiro atoms. The van der Waals surface area contributed by atoms with Crippen molar-refractivity contribution in [3.63, 3.8) is 0 Å². The van der Waals surface area contributed by atoms with Gasteiger partial charge in [0.15, 0.2) is 0 Å². The van der Waals surface area contributed by atoms with Gasteiger partial charge in [-0.3, -0.25) is 9.59 Å². The van der Waals surface area contributed by atoms with Crippen molar-refractivity contribution >= 4 is 56.4 Å². The van der Waals surface area contributed by atoms with Gasteiger partial charge in [0.05, 0.1) is 36.8 Å². The molecule has 2 rings (SSSR count). The number of rotatable bonds is 7. The molecule has 8 heteroatoms. The molecule has 1 amide bonds. The Morgan fingerprint density at radius 1 is 1.38 bits per heavy atom. The van der Waals surface area contributed by atoms with Gasteiger partial charge in [-0.2, -0.15) is 0 Å². The Hall–Kier alpha value is -1.41. The number of ether oxygens (including phenoxy) is 1. The monoisotopic (exact) mass is 430 g/mol. The molecule has 1 atom stereocenters. The first-order valence-electron chi connectivity index (χ1n) is 7.08. The van der Waals surface area contributed by atoms with Crippen LogP contribution in [0.25, 0.3) is 0 Å². The second kappa shape index (κ2) is 9.17. The highest BCUT2D eigenvalue weighted by Crippen LogP contribution is 2.26. The molecule has 128 valence electrons.